The molecule has 0 aliphatic heterocycles. The molecule has 4 aliphatic rings. The molecule has 6 rings (SSSR count). The average Bonchev–Trinajstić information content (AvgIpc) is 3.27. The Balaban J connectivity index is 1.37. The molecule has 234 valence electrons. The lowest BCUT2D eigenvalue weighted by molar-refractivity contribution is -0.362. The largest absolute Gasteiger partial charge is 0.456 e. The van der Waals surface area contributed by atoms with Crippen LogP contribution in [0.2, 0.25) is 5.02 Å². The highest BCUT2D eigenvalue weighted by atomic mass is 35.5. The quantitative estimate of drug-likeness (QED) is 0.327. The Morgan fingerprint density at radius 2 is 1.68 bits per heavy atom. The molecular formula is C34H33ClF5NO3. The van der Waals surface area contributed by atoms with Crippen molar-refractivity contribution in [1.29, 1.82) is 0 Å². The zero-order valence-corrected chi connectivity index (χ0v) is 24.9. The summed E-state index contributed by atoms with van der Waals surface area (Å²) in [7, 11) is 0. The summed E-state index contributed by atoms with van der Waals surface area (Å²) in [6.45, 7) is 1.67. The minimum atomic E-state index is -5.90. The molecule has 4 nitrogen and oxygen atoms in total. The fourth-order valence-corrected chi connectivity index (χ4v) is 8.59. The summed E-state index contributed by atoms with van der Waals surface area (Å²) in [6.07, 6.45) is -3.12. The lowest BCUT2D eigenvalue weighted by atomic mass is 9.50. The maximum absolute atomic E-state index is 15.2. The van der Waals surface area contributed by atoms with Gasteiger partial charge in [0, 0.05) is 34.9 Å². The summed E-state index contributed by atoms with van der Waals surface area (Å²) in [5, 5.41) is 14.8. The maximum Gasteiger partial charge on any atom is 0.456 e. The Morgan fingerprint density at radius 1 is 1.00 bits per heavy atom. The van der Waals surface area contributed by atoms with E-state index in [-0.39, 0.29) is 37.0 Å². The summed E-state index contributed by atoms with van der Waals surface area (Å²) >= 11 is 5.92. The molecule has 2 unspecified atom stereocenters. The van der Waals surface area contributed by atoms with Gasteiger partial charge in [0.2, 0.25) is 0 Å². The zero-order chi connectivity index (χ0) is 31.7. The predicted molar refractivity (Wildman–Crippen MR) is 155 cm³/mol. The number of halogens is 6. The number of aliphatic hydroxyl groups is 1. The van der Waals surface area contributed by atoms with Gasteiger partial charge < -0.3 is 10.4 Å². The van der Waals surface area contributed by atoms with Crippen LogP contribution in [0.4, 0.5) is 22.0 Å². The first-order valence-electron chi connectivity index (χ1n) is 14.9. The highest BCUT2D eigenvalue weighted by molar-refractivity contribution is 6.30. The molecule has 10 heteroatoms. The monoisotopic (exact) mass is 633 g/mol. The Bertz CT molecular complexity index is 1550. The van der Waals surface area contributed by atoms with Crippen LogP contribution in [0.25, 0.3) is 0 Å². The van der Waals surface area contributed by atoms with E-state index in [2.05, 4.69) is 5.32 Å². The molecule has 2 aromatic rings. The third kappa shape index (κ3) is 4.82. The number of nitrogens with one attached hydrogen (secondary N) is 1. The molecule has 0 bridgehead atoms. The molecule has 2 N–H and O–H groups in total. The van der Waals surface area contributed by atoms with E-state index in [1.807, 2.05) is 0 Å². The van der Waals surface area contributed by atoms with Crippen molar-refractivity contribution in [3.05, 3.63) is 93.0 Å². The van der Waals surface area contributed by atoms with E-state index < -0.39 is 41.4 Å². The van der Waals surface area contributed by atoms with E-state index in [4.69, 9.17) is 11.6 Å². The second kappa shape index (κ2) is 10.8. The first kappa shape index (κ1) is 31.0. The van der Waals surface area contributed by atoms with E-state index in [1.54, 1.807) is 54.6 Å². The summed E-state index contributed by atoms with van der Waals surface area (Å²) < 4.78 is 71.7. The third-order valence-corrected chi connectivity index (χ3v) is 11.0. The maximum atomic E-state index is 15.2. The number of alkyl halides is 5. The van der Waals surface area contributed by atoms with E-state index in [0.717, 1.165) is 22.3 Å². The molecule has 0 radical (unpaired) electrons. The van der Waals surface area contributed by atoms with Crippen molar-refractivity contribution < 1.29 is 36.6 Å². The highest BCUT2D eigenvalue weighted by Crippen LogP contribution is 2.70. The minimum absolute atomic E-state index is 0.0222. The molecule has 4 aliphatic carbocycles. The summed E-state index contributed by atoms with van der Waals surface area (Å²) in [5.74, 6) is -7.04. The van der Waals surface area contributed by atoms with Crippen LogP contribution in [0.15, 0.2) is 71.3 Å². The first-order valence-corrected chi connectivity index (χ1v) is 15.3. The van der Waals surface area contributed by atoms with E-state index >= 15 is 8.78 Å². The van der Waals surface area contributed by atoms with Gasteiger partial charge in [-0.15, -0.1) is 0 Å². The topological polar surface area (TPSA) is 66.4 Å². The van der Waals surface area contributed by atoms with Crippen LogP contribution in [-0.2, 0) is 11.3 Å². The van der Waals surface area contributed by atoms with Gasteiger partial charge in [-0.25, -0.2) is 0 Å². The van der Waals surface area contributed by atoms with Gasteiger partial charge in [0.05, 0.1) is 0 Å². The first-order chi connectivity index (χ1) is 20.7. The van der Waals surface area contributed by atoms with Gasteiger partial charge in [-0.05, 0) is 103 Å². The standard InChI is InChI=1S/C34H33ClF5NO3/c1-31-17-27(20-4-6-21(7-5-20)30(43)41-18-19-2-9-23(35)10-3-19)29-25-13-11-24(42)16-22(25)8-12-26(29)28(31)14-15-32(31,44)33(36,37)34(38,39)40/h2-7,9-10,16,26-28,44H,8,11-15,17-18H2,1H3,(H,41,43)/t26?,27-,28?,31+,32-/m1/s1. The van der Waals surface area contributed by atoms with Crippen molar-refractivity contribution in [2.24, 2.45) is 17.3 Å². The van der Waals surface area contributed by atoms with Gasteiger partial charge in [0.15, 0.2) is 5.78 Å². The zero-order valence-electron chi connectivity index (χ0n) is 24.1. The van der Waals surface area contributed by atoms with Crippen molar-refractivity contribution in [2.45, 2.75) is 82.0 Å². The summed E-state index contributed by atoms with van der Waals surface area (Å²) in [5.41, 5.74) is -0.209. The molecule has 1 amide bonds. The number of carbonyl (C=O) groups is 2. The number of ketones is 1. The SMILES string of the molecule is C[C@]12C[C@H](c3ccc(C(=O)NCc4ccc(Cl)cc4)cc3)C3=C4CCC(=O)C=C4CCC3C1CC[C@]2(O)C(F)(F)C(F)(F)F. The van der Waals surface area contributed by atoms with Crippen molar-refractivity contribution in [2.75, 3.05) is 0 Å². The van der Waals surface area contributed by atoms with E-state index in [0.29, 0.717) is 41.8 Å². The Labute approximate surface area is 257 Å². The number of amides is 1. The van der Waals surface area contributed by atoms with E-state index in [1.165, 1.54) is 6.92 Å². The van der Waals surface area contributed by atoms with Gasteiger partial charge in [-0.3, -0.25) is 9.59 Å². The lowest BCUT2D eigenvalue weighted by Gasteiger charge is -2.56. The van der Waals surface area contributed by atoms with Crippen LogP contribution in [0.3, 0.4) is 0 Å². The van der Waals surface area contributed by atoms with Crippen LogP contribution < -0.4 is 5.32 Å². The molecule has 0 heterocycles. The van der Waals surface area contributed by atoms with Crippen LogP contribution in [0.1, 0.15) is 79.3 Å². The van der Waals surface area contributed by atoms with Gasteiger partial charge in [-0.2, -0.15) is 22.0 Å². The Morgan fingerprint density at radius 3 is 2.34 bits per heavy atom. The summed E-state index contributed by atoms with van der Waals surface area (Å²) in [4.78, 5) is 25.1. The lowest BCUT2D eigenvalue weighted by Crippen LogP contribution is -2.65. The number of fused-ring (bicyclic) bond motifs is 4. The van der Waals surface area contributed by atoms with Gasteiger partial charge in [0.1, 0.15) is 5.60 Å². The van der Waals surface area contributed by atoms with Gasteiger partial charge >= 0.3 is 12.1 Å². The summed E-state index contributed by atoms with van der Waals surface area (Å²) in [6, 6.07) is 13.7. The van der Waals surface area contributed by atoms with Crippen molar-refractivity contribution in [3.8, 4) is 0 Å². The van der Waals surface area contributed by atoms with Crippen molar-refractivity contribution >= 4 is 23.3 Å². The van der Waals surface area contributed by atoms with E-state index in [9.17, 15) is 27.9 Å². The average molecular weight is 634 g/mol. The van der Waals surface area contributed by atoms with Crippen LogP contribution in [0, 0.1) is 17.3 Å². The number of hydrogen-bond acceptors (Lipinski definition) is 3. The Hall–Kier alpha value is -3.04. The van der Waals surface area contributed by atoms with Crippen molar-refractivity contribution in [1.82, 2.24) is 5.32 Å². The molecule has 2 aromatic carbocycles. The number of hydrogen-bond donors (Lipinski definition) is 2. The molecule has 0 aromatic heterocycles. The van der Waals surface area contributed by atoms with Crippen LogP contribution in [-0.4, -0.2) is 34.5 Å². The van der Waals surface area contributed by atoms with Crippen molar-refractivity contribution in [3.63, 3.8) is 0 Å². The second-order valence-corrected chi connectivity index (χ2v) is 13.3. The smallest absolute Gasteiger partial charge is 0.383 e. The Kier molecular flexibility index (Phi) is 7.60. The third-order valence-electron chi connectivity index (χ3n) is 10.7. The fourth-order valence-electron chi connectivity index (χ4n) is 8.47. The molecule has 0 spiro atoms. The predicted octanol–water partition coefficient (Wildman–Crippen LogP) is 8.10. The number of rotatable bonds is 5. The fraction of sp³-hybridized carbons (Fsp3) is 0.471. The molecular weight excluding hydrogens is 601 g/mol. The number of benzene rings is 2. The minimum Gasteiger partial charge on any atom is -0.383 e. The normalized spacial score (nSPS) is 30.3. The van der Waals surface area contributed by atoms with Gasteiger partial charge in [-0.1, -0.05) is 48.4 Å². The highest BCUT2D eigenvalue weighted by Gasteiger charge is 2.79. The molecule has 2 fully saturated rings. The molecule has 2 saturated carbocycles. The van der Waals surface area contributed by atoms with Crippen LogP contribution >= 0.6 is 11.6 Å². The second-order valence-electron chi connectivity index (χ2n) is 12.9. The number of allylic oxidation sites excluding steroid dienone is 4. The van der Waals surface area contributed by atoms with Gasteiger partial charge in [0.25, 0.3) is 5.91 Å². The molecule has 5 atom stereocenters. The number of carbonyl (C=O) groups excluding carboxylic acids is 2. The van der Waals surface area contributed by atoms with Crippen LogP contribution in [0.5, 0.6) is 0 Å². The molecule has 0 saturated heterocycles. The molecule has 44 heavy (non-hydrogen) atoms.